The Hall–Kier alpha value is -2.41. The quantitative estimate of drug-likeness (QED) is 0.595. The van der Waals surface area contributed by atoms with E-state index in [-0.39, 0.29) is 11.5 Å². The van der Waals surface area contributed by atoms with E-state index >= 15 is 0 Å². The number of para-hydroxylation sites is 1. The largest absolute Gasteiger partial charge is 0.448 e. The number of nitrogens with zero attached hydrogens (tertiary/aromatic N) is 2. The number of benzene rings is 1. The van der Waals surface area contributed by atoms with Crippen molar-refractivity contribution in [3.05, 3.63) is 52.7 Å². The Morgan fingerprint density at radius 3 is 2.86 bits per heavy atom. The number of hydrogen-bond acceptors (Lipinski definition) is 5. The second kappa shape index (κ2) is 5.53. The van der Waals surface area contributed by atoms with Gasteiger partial charge in [-0.2, -0.15) is 0 Å². The molecule has 2 aromatic heterocycles. The molecule has 0 atom stereocenters. The molecule has 0 amide bonds. The smallest absolute Gasteiger partial charge is 0.292 e. The molecule has 0 bridgehead atoms. The first kappa shape index (κ1) is 13.6. The monoisotopic (exact) mass is 303 g/mol. The fourth-order valence-corrected chi connectivity index (χ4v) is 2.12. The Morgan fingerprint density at radius 2 is 2.10 bits per heavy atom. The van der Waals surface area contributed by atoms with Crippen LogP contribution in [0.1, 0.15) is 0 Å². The standard InChI is InChI=1S/C14H10FN3O2S/c1-21-14-16-7-8-6-11(13(19)17-12(8)18-14)20-10-5-3-2-4-9(10)15/h2-7H,1H3,(H,16,17,18,19). The highest BCUT2D eigenvalue weighted by atomic mass is 32.2. The van der Waals surface area contributed by atoms with Crippen molar-refractivity contribution in [1.82, 2.24) is 15.0 Å². The molecule has 0 saturated carbocycles. The van der Waals surface area contributed by atoms with Crippen molar-refractivity contribution in [2.45, 2.75) is 5.16 Å². The Balaban J connectivity index is 2.06. The van der Waals surface area contributed by atoms with Gasteiger partial charge in [0, 0.05) is 11.6 Å². The molecule has 2 heterocycles. The van der Waals surface area contributed by atoms with Gasteiger partial charge in [0.25, 0.3) is 5.56 Å². The SMILES string of the molecule is CSc1ncc2cc(Oc3ccccc3F)c(=O)[nH]c2n1. The van der Waals surface area contributed by atoms with Crippen LogP contribution < -0.4 is 10.3 Å². The Morgan fingerprint density at radius 1 is 1.29 bits per heavy atom. The van der Waals surface area contributed by atoms with Crippen LogP contribution >= 0.6 is 11.8 Å². The van der Waals surface area contributed by atoms with Crippen molar-refractivity contribution in [2.24, 2.45) is 0 Å². The molecule has 0 unspecified atom stereocenters. The maximum absolute atomic E-state index is 13.6. The molecule has 3 aromatic rings. The van der Waals surface area contributed by atoms with Crippen LogP contribution in [0.5, 0.6) is 11.5 Å². The lowest BCUT2D eigenvalue weighted by Gasteiger charge is -2.06. The summed E-state index contributed by atoms with van der Waals surface area (Å²) in [5, 5.41) is 1.17. The van der Waals surface area contributed by atoms with Crippen LogP contribution in [0.2, 0.25) is 0 Å². The summed E-state index contributed by atoms with van der Waals surface area (Å²) in [6, 6.07) is 7.38. The predicted octanol–water partition coefficient (Wildman–Crippen LogP) is 2.97. The second-order valence-corrected chi connectivity index (χ2v) is 4.93. The zero-order valence-corrected chi connectivity index (χ0v) is 11.8. The molecule has 1 aromatic carbocycles. The lowest BCUT2D eigenvalue weighted by Crippen LogP contribution is -2.10. The molecule has 0 aliphatic heterocycles. The van der Waals surface area contributed by atoms with Crippen molar-refractivity contribution in [3.63, 3.8) is 0 Å². The van der Waals surface area contributed by atoms with Gasteiger partial charge >= 0.3 is 0 Å². The van der Waals surface area contributed by atoms with E-state index < -0.39 is 11.4 Å². The minimum atomic E-state index is -0.536. The summed E-state index contributed by atoms with van der Waals surface area (Å²) >= 11 is 1.37. The number of thioether (sulfide) groups is 1. The van der Waals surface area contributed by atoms with E-state index in [1.54, 1.807) is 18.3 Å². The Labute approximate surface area is 123 Å². The number of rotatable bonds is 3. The van der Waals surface area contributed by atoms with E-state index in [0.29, 0.717) is 16.2 Å². The van der Waals surface area contributed by atoms with E-state index in [9.17, 15) is 9.18 Å². The summed E-state index contributed by atoms with van der Waals surface area (Å²) in [5.74, 6) is -0.553. The van der Waals surface area contributed by atoms with Crippen molar-refractivity contribution in [3.8, 4) is 11.5 Å². The van der Waals surface area contributed by atoms with Gasteiger partial charge in [0.1, 0.15) is 5.65 Å². The van der Waals surface area contributed by atoms with E-state index in [0.717, 1.165) is 0 Å². The van der Waals surface area contributed by atoms with Crippen molar-refractivity contribution in [1.29, 1.82) is 0 Å². The molecule has 3 rings (SSSR count). The zero-order valence-electron chi connectivity index (χ0n) is 11.0. The molecular weight excluding hydrogens is 293 g/mol. The third kappa shape index (κ3) is 2.73. The molecule has 0 aliphatic rings. The third-order valence-electron chi connectivity index (χ3n) is 2.78. The molecule has 1 N–H and O–H groups in total. The Kier molecular flexibility index (Phi) is 3.57. The van der Waals surface area contributed by atoms with Crippen LogP contribution in [0.4, 0.5) is 4.39 Å². The molecule has 0 spiro atoms. The number of pyridine rings is 1. The van der Waals surface area contributed by atoms with Gasteiger partial charge in [-0.3, -0.25) is 4.79 Å². The minimum Gasteiger partial charge on any atom is -0.448 e. The van der Waals surface area contributed by atoms with Crippen LogP contribution in [-0.2, 0) is 0 Å². The summed E-state index contributed by atoms with van der Waals surface area (Å²) in [7, 11) is 0. The normalized spacial score (nSPS) is 10.8. The summed E-state index contributed by atoms with van der Waals surface area (Å²) < 4.78 is 18.9. The average molecular weight is 303 g/mol. The zero-order chi connectivity index (χ0) is 14.8. The molecule has 0 saturated heterocycles. The molecule has 7 heteroatoms. The van der Waals surface area contributed by atoms with E-state index in [2.05, 4.69) is 15.0 Å². The van der Waals surface area contributed by atoms with Crippen LogP contribution in [0.25, 0.3) is 11.0 Å². The number of nitrogens with one attached hydrogen (secondary N) is 1. The molecular formula is C14H10FN3O2S. The maximum Gasteiger partial charge on any atom is 0.292 e. The van der Waals surface area contributed by atoms with Crippen molar-refractivity contribution >= 4 is 22.8 Å². The number of ether oxygens (including phenoxy) is 1. The fourth-order valence-electron chi connectivity index (χ4n) is 1.78. The van der Waals surface area contributed by atoms with Crippen molar-refractivity contribution < 1.29 is 9.13 Å². The van der Waals surface area contributed by atoms with Crippen LogP contribution in [-0.4, -0.2) is 21.2 Å². The van der Waals surface area contributed by atoms with Gasteiger partial charge in [-0.15, -0.1) is 0 Å². The first-order valence-corrected chi connectivity index (χ1v) is 7.26. The number of aromatic nitrogens is 3. The highest BCUT2D eigenvalue weighted by molar-refractivity contribution is 7.98. The van der Waals surface area contributed by atoms with Gasteiger partial charge < -0.3 is 9.72 Å². The van der Waals surface area contributed by atoms with Gasteiger partial charge in [0.2, 0.25) is 0 Å². The molecule has 21 heavy (non-hydrogen) atoms. The minimum absolute atomic E-state index is 0.00639. The van der Waals surface area contributed by atoms with Crippen LogP contribution in [0.15, 0.2) is 46.5 Å². The highest BCUT2D eigenvalue weighted by Gasteiger charge is 2.09. The molecule has 5 nitrogen and oxygen atoms in total. The molecule has 0 fully saturated rings. The average Bonchev–Trinajstić information content (AvgIpc) is 2.49. The van der Waals surface area contributed by atoms with E-state index in [1.165, 1.54) is 30.0 Å². The number of halogens is 1. The van der Waals surface area contributed by atoms with E-state index in [1.807, 2.05) is 6.26 Å². The summed E-state index contributed by atoms with van der Waals surface area (Å²) in [5.41, 5.74) is -0.0586. The van der Waals surface area contributed by atoms with E-state index in [4.69, 9.17) is 4.74 Å². The van der Waals surface area contributed by atoms with Gasteiger partial charge in [-0.1, -0.05) is 23.9 Å². The Bertz CT molecular complexity index is 866. The lowest BCUT2D eigenvalue weighted by molar-refractivity contribution is 0.437. The summed E-state index contributed by atoms with van der Waals surface area (Å²) in [6.07, 6.45) is 3.42. The van der Waals surface area contributed by atoms with Gasteiger partial charge in [-0.05, 0) is 24.5 Å². The molecule has 0 radical (unpaired) electrons. The number of H-pyrrole nitrogens is 1. The topological polar surface area (TPSA) is 67.9 Å². The molecule has 106 valence electrons. The number of aromatic amines is 1. The fraction of sp³-hybridized carbons (Fsp3) is 0.0714. The maximum atomic E-state index is 13.6. The van der Waals surface area contributed by atoms with Gasteiger partial charge in [-0.25, -0.2) is 14.4 Å². The summed E-state index contributed by atoms with van der Waals surface area (Å²) in [4.78, 5) is 22.9. The highest BCUT2D eigenvalue weighted by Crippen LogP contribution is 2.23. The van der Waals surface area contributed by atoms with Crippen LogP contribution in [0, 0.1) is 5.82 Å². The van der Waals surface area contributed by atoms with Crippen molar-refractivity contribution in [2.75, 3.05) is 6.26 Å². The summed E-state index contributed by atoms with van der Waals surface area (Å²) in [6.45, 7) is 0. The number of fused-ring (bicyclic) bond motifs is 1. The molecule has 0 aliphatic carbocycles. The first-order valence-electron chi connectivity index (χ1n) is 6.04. The van der Waals surface area contributed by atoms with Gasteiger partial charge in [0.15, 0.2) is 22.5 Å². The lowest BCUT2D eigenvalue weighted by atomic mass is 10.3. The first-order chi connectivity index (χ1) is 10.2. The number of hydrogen-bond donors (Lipinski definition) is 1. The van der Waals surface area contributed by atoms with Gasteiger partial charge in [0.05, 0.1) is 0 Å². The second-order valence-electron chi connectivity index (χ2n) is 4.16. The third-order valence-corrected chi connectivity index (χ3v) is 3.34. The van der Waals surface area contributed by atoms with Crippen LogP contribution in [0.3, 0.4) is 0 Å². The predicted molar refractivity (Wildman–Crippen MR) is 78.4 cm³/mol.